The average molecular weight is 477 g/mol. The van der Waals surface area contributed by atoms with Gasteiger partial charge in [0.2, 0.25) is 0 Å². The maximum absolute atomic E-state index is 14.6. The van der Waals surface area contributed by atoms with Crippen LogP contribution in [0.2, 0.25) is 0 Å². The van der Waals surface area contributed by atoms with Crippen LogP contribution in [0.25, 0.3) is 0 Å². The van der Waals surface area contributed by atoms with Gasteiger partial charge < -0.3 is 4.74 Å². The van der Waals surface area contributed by atoms with Crippen LogP contribution in [0, 0.1) is 5.92 Å². The SMILES string of the molecule is C=C(/C=C\C(=C)C(=C)/C(F)=C(/F)C(=C)C(C)COC(C)C)C(=C)/C(F)=C(/F)C(=C)C/C=C\CC. The Labute approximate surface area is 202 Å². The van der Waals surface area contributed by atoms with Crippen LogP contribution in [0.4, 0.5) is 17.6 Å². The fourth-order valence-electron chi connectivity index (χ4n) is 2.38. The lowest BCUT2D eigenvalue weighted by Gasteiger charge is -2.16. The Balaban J connectivity index is 5.36. The Morgan fingerprint density at radius 3 is 1.65 bits per heavy atom. The second-order valence-corrected chi connectivity index (χ2v) is 8.09. The minimum atomic E-state index is -1.21. The smallest absolute Gasteiger partial charge is 0.166 e. The zero-order valence-electron chi connectivity index (χ0n) is 20.7. The lowest BCUT2D eigenvalue weighted by atomic mass is 9.98. The molecule has 1 unspecified atom stereocenters. The van der Waals surface area contributed by atoms with Gasteiger partial charge in [-0.2, -0.15) is 0 Å². The van der Waals surface area contributed by atoms with Crippen LogP contribution >= 0.6 is 0 Å². The van der Waals surface area contributed by atoms with Crippen LogP contribution in [-0.2, 0) is 4.74 Å². The molecule has 0 bridgehead atoms. The largest absolute Gasteiger partial charge is 0.378 e. The second kappa shape index (κ2) is 15.1. The van der Waals surface area contributed by atoms with Crippen molar-refractivity contribution < 1.29 is 22.3 Å². The van der Waals surface area contributed by atoms with Crippen molar-refractivity contribution in [1.82, 2.24) is 0 Å². The third-order valence-corrected chi connectivity index (χ3v) is 4.81. The van der Waals surface area contributed by atoms with Gasteiger partial charge in [0, 0.05) is 17.1 Å². The summed E-state index contributed by atoms with van der Waals surface area (Å²) in [5.74, 6) is -5.12. The number of rotatable bonds is 15. The number of ether oxygens (including phenoxy) is 1. The van der Waals surface area contributed by atoms with Crippen molar-refractivity contribution >= 4 is 0 Å². The van der Waals surface area contributed by atoms with E-state index in [1.807, 2.05) is 26.8 Å². The van der Waals surface area contributed by atoms with Crippen molar-refractivity contribution in [2.75, 3.05) is 6.61 Å². The van der Waals surface area contributed by atoms with Crippen molar-refractivity contribution in [3.63, 3.8) is 0 Å². The summed E-state index contributed by atoms with van der Waals surface area (Å²) in [6.07, 6.45) is 6.91. The first-order valence-corrected chi connectivity index (χ1v) is 11.0. The highest BCUT2D eigenvalue weighted by molar-refractivity contribution is 5.54. The van der Waals surface area contributed by atoms with E-state index in [2.05, 4.69) is 39.5 Å². The van der Waals surface area contributed by atoms with Gasteiger partial charge in [0.15, 0.2) is 23.3 Å². The summed E-state index contributed by atoms with van der Waals surface area (Å²) in [4.78, 5) is 0. The Morgan fingerprint density at radius 1 is 0.735 bits per heavy atom. The standard InChI is InChI=1S/C29H36F4O/c1-11-12-13-14-21(6)26(30)27(31)23(8)19(4)15-16-20(5)24(9)28(32)29(33)25(10)22(7)17-34-18(2)3/h12-13,15-16,18,22H,4-6,8-11,14,17H2,1-3,7H3/b13-12-,16-15-,27-26-,29-28-. The van der Waals surface area contributed by atoms with Gasteiger partial charge in [-0.25, -0.2) is 17.6 Å². The first-order valence-electron chi connectivity index (χ1n) is 11.0. The van der Waals surface area contributed by atoms with E-state index in [0.717, 1.165) is 6.42 Å². The van der Waals surface area contributed by atoms with Crippen molar-refractivity contribution in [3.8, 4) is 0 Å². The van der Waals surface area contributed by atoms with Gasteiger partial charge >= 0.3 is 0 Å². The molecular formula is C29H36F4O. The van der Waals surface area contributed by atoms with E-state index in [9.17, 15) is 17.6 Å². The van der Waals surface area contributed by atoms with Crippen LogP contribution in [0.1, 0.15) is 40.5 Å². The first kappa shape index (κ1) is 31.1. The summed E-state index contributed by atoms with van der Waals surface area (Å²) in [7, 11) is 0. The Hall–Kier alpha value is -2.92. The number of allylic oxidation sites excluding steroid dienone is 13. The summed E-state index contributed by atoms with van der Waals surface area (Å²) in [6, 6.07) is 0. The van der Waals surface area contributed by atoms with Gasteiger partial charge in [0.1, 0.15) is 0 Å². The van der Waals surface area contributed by atoms with E-state index >= 15 is 0 Å². The predicted molar refractivity (Wildman–Crippen MR) is 137 cm³/mol. The quantitative estimate of drug-likeness (QED) is 0.130. The third-order valence-electron chi connectivity index (χ3n) is 4.81. The minimum absolute atomic E-state index is 0.0134. The van der Waals surface area contributed by atoms with Gasteiger partial charge in [0.05, 0.1) is 12.7 Å². The van der Waals surface area contributed by atoms with Crippen molar-refractivity contribution in [2.45, 2.75) is 46.6 Å². The van der Waals surface area contributed by atoms with E-state index in [1.54, 1.807) is 13.0 Å². The molecule has 0 N–H and O–H groups in total. The lowest BCUT2D eigenvalue weighted by molar-refractivity contribution is 0.0625. The molecule has 1 atom stereocenters. The van der Waals surface area contributed by atoms with Crippen LogP contribution in [-0.4, -0.2) is 12.7 Å². The lowest BCUT2D eigenvalue weighted by Crippen LogP contribution is -2.13. The molecule has 5 heteroatoms. The van der Waals surface area contributed by atoms with Gasteiger partial charge in [-0.15, -0.1) is 0 Å². The van der Waals surface area contributed by atoms with Crippen LogP contribution in [0.15, 0.2) is 121 Å². The molecule has 0 aliphatic rings. The average Bonchev–Trinajstić information content (AvgIpc) is 2.81. The van der Waals surface area contributed by atoms with Gasteiger partial charge in [-0.3, -0.25) is 0 Å². The summed E-state index contributed by atoms with van der Waals surface area (Å²) < 4.78 is 63.3. The van der Waals surface area contributed by atoms with E-state index < -0.39 is 29.2 Å². The fraction of sp³-hybridized carbons (Fsp3) is 0.310. The van der Waals surface area contributed by atoms with Crippen LogP contribution in [0.3, 0.4) is 0 Å². The third kappa shape index (κ3) is 9.92. The topological polar surface area (TPSA) is 9.23 Å². The first-order chi connectivity index (χ1) is 15.8. The summed E-state index contributed by atoms with van der Waals surface area (Å²) in [5.41, 5.74) is -0.683. The van der Waals surface area contributed by atoms with E-state index in [1.165, 1.54) is 12.2 Å². The predicted octanol–water partition coefficient (Wildman–Crippen LogP) is 9.60. The van der Waals surface area contributed by atoms with E-state index in [4.69, 9.17) is 4.74 Å². The highest BCUT2D eigenvalue weighted by atomic mass is 19.2. The van der Waals surface area contributed by atoms with Gasteiger partial charge in [0.25, 0.3) is 0 Å². The zero-order chi connectivity index (χ0) is 26.6. The molecule has 0 fully saturated rings. The zero-order valence-corrected chi connectivity index (χ0v) is 20.7. The molecule has 0 radical (unpaired) electrons. The maximum Gasteiger partial charge on any atom is 0.166 e. The summed E-state index contributed by atoms with van der Waals surface area (Å²) >= 11 is 0. The Morgan fingerprint density at radius 2 is 1.21 bits per heavy atom. The molecule has 34 heavy (non-hydrogen) atoms. The van der Waals surface area contributed by atoms with Gasteiger partial charge in [-0.05, 0) is 49.0 Å². The van der Waals surface area contributed by atoms with E-state index in [0.29, 0.717) is 0 Å². The molecule has 0 aromatic heterocycles. The summed E-state index contributed by atoms with van der Waals surface area (Å²) in [5, 5.41) is 0. The normalized spacial score (nSPS) is 14.1. The highest BCUT2D eigenvalue weighted by Gasteiger charge is 2.19. The molecule has 0 aliphatic carbocycles. The van der Waals surface area contributed by atoms with Crippen molar-refractivity contribution in [3.05, 3.63) is 121 Å². The molecule has 0 saturated carbocycles. The summed E-state index contributed by atoms with van der Waals surface area (Å²) in [6.45, 7) is 28.9. The molecule has 186 valence electrons. The molecule has 0 rings (SSSR count). The van der Waals surface area contributed by atoms with E-state index in [-0.39, 0.29) is 52.6 Å². The van der Waals surface area contributed by atoms with Gasteiger partial charge in [-0.1, -0.05) is 77.6 Å². The van der Waals surface area contributed by atoms with Crippen LogP contribution in [0.5, 0.6) is 0 Å². The number of hydrogen-bond donors (Lipinski definition) is 0. The Bertz CT molecular complexity index is 955. The van der Waals surface area contributed by atoms with Crippen LogP contribution < -0.4 is 0 Å². The molecule has 0 aliphatic heterocycles. The number of hydrogen-bond acceptors (Lipinski definition) is 1. The molecule has 0 saturated heterocycles. The molecule has 0 aromatic carbocycles. The fourth-order valence-corrected chi connectivity index (χ4v) is 2.38. The maximum atomic E-state index is 14.6. The molecule has 0 amide bonds. The highest BCUT2D eigenvalue weighted by Crippen LogP contribution is 2.31. The monoisotopic (exact) mass is 476 g/mol. The Kier molecular flexibility index (Phi) is 13.8. The molecule has 1 nitrogen and oxygen atoms in total. The molecule has 0 heterocycles. The van der Waals surface area contributed by atoms with Crippen molar-refractivity contribution in [1.29, 1.82) is 0 Å². The molecular weight excluding hydrogens is 440 g/mol. The molecule has 0 aromatic rings. The minimum Gasteiger partial charge on any atom is -0.378 e. The second-order valence-electron chi connectivity index (χ2n) is 8.09. The molecule has 0 spiro atoms. The van der Waals surface area contributed by atoms with Crippen molar-refractivity contribution in [2.24, 2.45) is 5.92 Å². The number of halogens is 4.